The van der Waals surface area contributed by atoms with Crippen LogP contribution in [0.5, 0.6) is 0 Å². The van der Waals surface area contributed by atoms with Gasteiger partial charge in [0.15, 0.2) is 0 Å². The molecule has 0 aliphatic heterocycles. The second-order valence-corrected chi connectivity index (χ2v) is 8.04. The SMILES string of the molecule is Cc1cc(C)cc(C(=O)NCC(=O)NC(c2ccc(Cl)cc2)c2cccs2)c1. The van der Waals surface area contributed by atoms with E-state index in [4.69, 9.17) is 11.6 Å². The minimum Gasteiger partial charge on any atom is -0.343 e. The number of halogens is 1. The molecular weight excluding hydrogens is 392 g/mol. The van der Waals surface area contributed by atoms with E-state index >= 15 is 0 Å². The van der Waals surface area contributed by atoms with Crippen LogP contribution >= 0.6 is 22.9 Å². The van der Waals surface area contributed by atoms with E-state index in [1.807, 2.05) is 61.7 Å². The molecule has 4 nitrogen and oxygen atoms in total. The Labute approximate surface area is 173 Å². The van der Waals surface area contributed by atoms with Gasteiger partial charge in [-0.3, -0.25) is 9.59 Å². The van der Waals surface area contributed by atoms with E-state index in [0.717, 1.165) is 21.6 Å². The molecule has 0 spiro atoms. The summed E-state index contributed by atoms with van der Waals surface area (Å²) in [6, 6.07) is 16.6. The Morgan fingerprint density at radius 2 is 1.71 bits per heavy atom. The number of benzene rings is 2. The highest BCUT2D eigenvalue weighted by Gasteiger charge is 2.18. The third-order valence-corrected chi connectivity index (χ3v) is 5.42. The van der Waals surface area contributed by atoms with Crippen molar-refractivity contribution in [3.05, 3.63) is 92.1 Å². The van der Waals surface area contributed by atoms with Crippen molar-refractivity contribution < 1.29 is 9.59 Å². The fraction of sp³-hybridized carbons (Fsp3) is 0.182. The number of carbonyl (C=O) groups is 2. The quantitative estimate of drug-likeness (QED) is 0.618. The first-order valence-electron chi connectivity index (χ1n) is 8.87. The second kappa shape index (κ2) is 9.04. The van der Waals surface area contributed by atoms with Crippen molar-refractivity contribution in [2.75, 3.05) is 6.54 Å². The maximum Gasteiger partial charge on any atom is 0.251 e. The molecule has 2 amide bonds. The van der Waals surface area contributed by atoms with Gasteiger partial charge in [0.05, 0.1) is 12.6 Å². The van der Waals surface area contributed by atoms with Crippen molar-refractivity contribution in [3.8, 4) is 0 Å². The Bertz CT molecular complexity index is 948. The Kier molecular flexibility index (Phi) is 6.49. The molecule has 2 N–H and O–H groups in total. The van der Waals surface area contributed by atoms with E-state index in [9.17, 15) is 9.59 Å². The van der Waals surface area contributed by atoms with Gasteiger partial charge < -0.3 is 10.6 Å². The van der Waals surface area contributed by atoms with Gasteiger partial charge in [0, 0.05) is 15.5 Å². The number of carbonyl (C=O) groups excluding carboxylic acids is 2. The van der Waals surface area contributed by atoms with Gasteiger partial charge in [-0.25, -0.2) is 0 Å². The monoisotopic (exact) mass is 412 g/mol. The number of hydrogen-bond donors (Lipinski definition) is 2. The third kappa shape index (κ3) is 5.21. The summed E-state index contributed by atoms with van der Waals surface area (Å²) in [6.45, 7) is 3.78. The molecule has 1 unspecified atom stereocenters. The third-order valence-electron chi connectivity index (χ3n) is 4.23. The number of rotatable bonds is 6. The lowest BCUT2D eigenvalue weighted by molar-refractivity contribution is -0.120. The number of hydrogen-bond acceptors (Lipinski definition) is 3. The lowest BCUT2D eigenvalue weighted by Crippen LogP contribution is -2.38. The average molecular weight is 413 g/mol. The first-order valence-corrected chi connectivity index (χ1v) is 10.1. The topological polar surface area (TPSA) is 58.2 Å². The van der Waals surface area contributed by atoms with Crippen molar-refractivity contribution in [2.24, 2.45) is 0 Å². The molecule has 0 radical (unpaired) electrons. The first kappa shape index (κ1) is 20.1. The lowest BCUT2D eigenvalue weighted by atomic mass is 10.1. The number of thiophene rings is 1. The predicted molar refractivity (Wildman–Crippen MR) is 114 cm³/mol. The summed E-state index contributed by atoms with van der Waals surface area (Å²) in [7, 11) is 0. The van der Waals surface area contributed by atoms with Crippen LogP contribution in [-0.4, -0.2) is 18.4 Å². The summed E-state index contributed by atoms with van der Waals surface area (Å²) in [5.74, 6) is -0.521. The fourth-order valence-electron chi connectivity index (χ4n) is 3.01. The molecule has 0 bridgehead atoms. The minimum absolute atomic E-state index is 0.0959. The Morgan fingerprint density at radius 1 is 1.04 bits per heavy atom. The van der Waals surface area contributed by atoms with Crippen LogP contribution in [0.4, 0.5) is 0 Å². The van der Waals surface area contributed by atoms with Crippen LogP contribution in [0.25, 0.3) is 0 Å². The van der Waals surface area contributed by atoms with Crippen LogP contribution in [0.1, 0.15) is 38.0 Å². The fourth-order valence-corrected chi connectivity index (χ4v) is 3.94. The van der Waals surface area contributed by atoms with Gasteiger partial charge in [-0.1, -0.05) is 47.0 Å². The molecule has 1 atom stereocenters. The van der Waals surface area contributed by atoms with Crippen LogP contribution < -0.4 is 10.6 Å². The molecule has 0 fully saturated rings. The molecule has 0 aliphatic carbocycles. The smallest absolute Gasteiger partial charge is 0.251 e. The van der Waals surface area contributed by atoms with E-state index in [1.54, 1.807) is 23.5 Å². The average Bonchev–Trinajstić information content (AvgIpc) is 3.18. The molecule has 0 saturated carbocycles. The lowest BCUT2D eigenvalue weighted by Gasteiger charge is -2.18. The van der Waals surface area contributed by atoms with Gasteiger partial charge in [0.25, 0.3) is 5.91 Å². The van der Waals surface area contributed by atoms with Gasteiger partial charge in [-0.2, -0.15) is 0 Å². The zero-order valence-electron chi connectivity index (χ0n) is 15.7. The van der Waals surface area contributed by atoms with Crippen LogP contribution in [0.2, 0.25) is 5.02 Å². The number of nitrogens with one attached hydrogen (secondary N) is 2. The Morgan fingerprint density at radius 3 is 2.32 bits per heavy atom. The Balaban J connectivity index is 1.67. The maximum atomic E-state index is 12.5. The van der Waals surface area contributed by atoms with Gasteiger partial charge >= 0.3 is 0 Å². The maximum absolute atomic E-state index is 12.5. The molecule has 1 heterocycles. The van der Waals surface area contributed by atoms with Gasteiger partial charge in [-0.05, 0) is 55.1 Å². The summed E-state index contributed by atoms with van der Waals surface area (Å²) in [5.41, 5.74) is 3.50. The number of amides is 2. The van der Waals surface area contributed by atoms with Crippen LogP contribution in [-0.2, 0) is 4.79 Å². The largest absolute Gasteiger partial charge is 0.343 e. The van der Waals surface area contributed by atoms with Gasteiger partial charge in [0.2, 0.25) is 5.91 Å². The highest BCUT2D eigenvalue weighted by atomic mass is 35.5. The summed E-state index contributed by atoms with van der Waals surface area (Å²) in [6.07, 6.45) is 0. The van der Waals surface area contributed by atoms with Crippen molar-refractivity contribution in [1.29, 1.82) is 0 Å². The van der Waals surface area contributed by atoms with Crippen molar-refractivity contribution >= 4 is 34.8 Å². The van der Waals surface area contributed by atoms with E-state index in [1.165, 1.54) is 0 Å². The summed E-state index contributed by atoms with van der Waals surface area (Å²) >= 11 is 7.54. The zero-order valence-corrected chi connectivity index (χ0v) is 17.2. The molecular formula is C22H21ClN2O2S. The molecule has 3 rings (SSSR count). The van der Waals surface area contributed by atoms with Gasteiger partial charge in [-0.15, -0.1) is 11.3 Å². The Hall–Kier alpha value is -2.63. The molecule has 144 valence electrons. The second-order valence-electron chi connectivity index (χ2n) is 6.63. The molecule has 28 heavy (non-hydrogen) atoms. The molecule has 0 saturated heterocycles. The molecule has 1 aromatic heterocycles. The molecule has 6 heteroatoms. The van der Waals surface area contributed by atoms with Crippen molar-refractivity contribution in [3.63, 3.8) is 0 Å². The molecule has 3 aromatic rings. The number of aryl methyl sites for hydroxylation is 2. The van der Waals surface area contributed by atoms with Crippen molar-refractivity contribution in [1.82, 2.24) is 10.6 Å². The minimum atomic E-state index is -0.289. The van der Waals surface area contributed by atoms with E-state index < -0.39 is 0 Å². The molecule has 2 aromatic carbocycles. The van der Waals surface area contributed by atoms with Gasteiger partial charge in [0.1, 0.15) is 0 Å². The van der Waals surface area contributed by atoms with Crippen LogP contribution in [0.3, 0.4) is 0 Å². The highest BCUT2D eigenvalue weighted by molar-refractivity contribution is 7.10. The first-order chi connectivity index (χ1) is 13.4. The summed E-state index contributed by atoms with van der Waals surface area (Å²) in [4.78, 5) is 25.9. The predicted octanol–water partition coefficient (Wildman–Crippen LogP) is 4.65. The normalized spacial score (nSPS) is 11.7. The van der Waals surface area contributed by atoms with E-state index in [-0.39, 0.29) is 24.4 Å². The van der Waals surface area contributed by atoms with Crippen LogP contribution in [0.15, 0.2) is 60.0 Å². The zero-order chi connectivity index (χ0) is 20.1. The summed E-state index contributed by atoms with van der Waals surface area (Å²) in [5, 5.41) is 8.30. The molecule has 0 aliphatic rings. The van der Waals surface area contributed by atoms with Crippen molar-refractivity contribution in [2.45, 2.75) is 19.9 Å². The van der Waals surface area contributed by atoms with E-state index in [2.05, 4.69) is 10.6 Å². The highest BCUT2D eigenvalue weighted by Crippen LogP contribution is 2.27. The van der Waals surface area contributed by atoms with E-state index in [0.29, 0.717) is 10.6 Å². The van der Waals surface area contributed by atoms with Crippen LogP contribution in [0, 0.1) is 13.8 Å². The summed E-state index contributed by atoms with van der Waals surface area (Å²) < 4.78 is 0. The standard InChI is InChI=1S/C22H21ClN2O2S/c1-14-10-15(2)12-17(11-14)22(27)24-13-20(26)25-21(19-4-3-9-28-19)16-5-7-18(23)8-6-16/h3-12,21H,13H2,1-2H3,(H,24,27)(H,25,26).